The maximum absolute atomic E-state index is 12.4. The maximum Gasteiger partial charge on any atom is 0.251 e. The van der Waals surface area contributed by atoms with Crippen LogP contribution in [0, 0.1) is 13.8 Å². The van der Waals surface area contributed by atoms with Crippen LogP contribution in [0.2, 0.25) is 0 Å². The van der Waals surface area contributed by atoms with E-state index in [-0.39, 0.29) is 11.8 Å². The number of imidazole rings is 1. The molecule has 4 rings (SSSR count). The number of hydrogen-bond acceptors (Lipinski definition) is 5. The highest BCUT2D eigenvalue weighted by molar-refractivity contribution is 5.97. The van der Waals surface area contributed by atoms with Gasteiger partial charge in [-0.3, -0.25) is 9.59 Å². The number of nitrogens with zero attached hydrogens (tertiary/aromatic N) is 5. The Kier molecular flexibility index (Phi) is 4.54. The molecular weight excluding hydrogens is 356 g/mol. The van der Waals surface area contributed by atoms with Crippen molar-refractivity contribution in [1.29, 1.82) is 0 Å². The van der Waals surface area contributed by atoms with Crippen molar-refractivity contribution in [3.63, 3.8) is 0 Å². The number of carbonyl (C=O) groups is 2. The second-order valence-electron chi connectivity index (χ2n) is 7.09. The van der Waals surface area contributed by atoms with E-state index in [1.165, 1.54) is 0 Å². The first-order valence-corrected chi connectivity index (χ1v) is 9.34. The fourth-order valence-corrected chi connectivity index (χ4v) is 3.31. The fraction of sp³-hybridized carbons (Fsp3) is 0.350. The Morgan fingerprint density at radius 3 is 2.57 bits per heavy atom. The van der Waals surface area contributed by atoms with Crippen molar-refractivity contribution >= 4 is 23.3 Å². The van der Waals surface area contributed by atoms with Crippen molar-refractivity contribution in [1.82, 2.24) is 24.5 Å². The first kappa shape index (κ1) is 18.1. The average Bonchev–Trinajstić information content (AvgIpc) is 3.28. The monoisotopic (exact) mass is 378 g/mol. The van der Waals surface area contributed by atoms with Crippen molar-refractivity contribution < 1.29 is 9.59 Å². The Morgan fingerprint density at radius 1 is 1.14 bits per heavy atom. The van der Waals surface area contributed by atoms with Gasteiger partial charge in [-0.25, -0.2) is 14.5 Å². The summed E-state index contributed by atoms with van der Waals surface area (Å²) >= 11 is 0. The Morgan fingerprint density at radius 2 is 1.89 bits per heavy atom. The van der Waals surface area contributed by atoms with Crippen LogP contribution in [0.25, 0.3) is 17.0 Å². The molecule has 2 aromatic heterocycles. The van der Waals surface area contributed by atoms with Crippen LogP contribution in [0.15, 0.2) is 30.5 Å². The number of anilines is 1. The van der Waals surface area contributed by atoms with E-state index < -0.39 is 6.04 Å². The van der Waals surface area contributed by atoms with E-state index >= 15 is 0 Å². The third-order valence-electron chi connectivity index (χ3n) is 5.12. The SMILES string of the molecule is Cc1nc2nc(-c3ccc(NC(=O)C(C)N4CCCC4=O)cc3)cn2nc1C. The molecule has 0 bridgehead atoms. The summed E-state index contributed by atoms with van der Waals surface area (Å²) in [7, 11) is 0. The van der Waals surface area contributed by atoms with Gasteiger partial charge in [-0.15, -0.1) is 0 Å². The molecule has 1 aliphatic heterocycles. The van der Waals surface area contributed by atoms with Gasteiger partial charge in [0.1, 0.15) is 6.04 Å². The predicted molar refractivity (Wildman–Crippen MR) is 105 cm³/mol. The minimum absolute atomic E-state index is 0.0394. The second-order valence-corrected chi connectivity index (χ2v) is 7.09. The lowest BCUT2D eigenvalue weighted by Gasteiger charge is -2.23. The number of benzene rings is 1. The lowest BCUT2D eigenvalue weighted by molar-refractivity contribution is -0.134. The molecule has 1 aromatic carbocycles. The zero-order chi connectivity index (χ0) is 19.8. The van der Waals surface area contributed by atoms with E-state index in [1.54, 1.807) is 16.3 Å². The van der Waals surface area contributed by atoms with Gasteiger partial charge in [0.15, 0.2) is 0 Å². The molecular formula is C20H22N6O2. The van der Waals surface area contributed by atoms with Crippen LogP contribution >= 0.6 is 0 Å². The molecule has 0 saturated carbocycles. The van der Waals surface area contributed by atoms with Gasteiger partial charge >= 0.3 is 0 Å². The molecule has 144 valence electrons. The van der Waals surface area contributed by atoms with Crippen molar-refractivity contribution in [2.45, 2.75) is 39.7 Å². The van der Waals surface area contributed by atoms with E-state index in [0.29, 0.717) is 24.4 Å². The zero-order valence-electron chi connectivity index (χ0n) is 16.1. The predicted octanol–water partition coefficient (Wildman–Crippen LogP) is 2.36. The smallest absolute Gasteiger partial charge is 0.251 e. The van der Waals surface area contributed by atoms with Crippen molar-refractivity contribution in [2.24, 2.45) is 0 Å². The fourth-order valence-electron chi connectivity index (χ4n) is 3.31. The number of amides is 2. The summed E-state index contributed by atoms with van der Waals surface area (Å²) in [4.78, 5) is 34.9. The summed E-state index contributed by atoms with van der Waals surface area (Å²) < 4.78 is 1.67. The topological polar surface area (TPSA) is 92.5 Å². The van der Waals surface area contributed by atoms with Gasteiger partial charge in [0.2, 0.25) is 11.8 Å². The third kappa shape index (κ3) is 3.33. The molecule has 1 fully saturated rings. The van der Waals surface area contributed by atoms with Crippen molar-refractivity contribution in [2.75, 3.05) is 11.9 Å². The molecule has 8 heteroatoms. The van der Waals surface area contributed by atoms with Crippen molar-refractivity contribution in [3.8, 4) is 11.3 Å². The van der Waals surface area contributed by atoms with Crippen LogP contribution in [-0.2, 0) is 9.59 Å². The molecule has 3 heterocycles. The number of likely N-dealkylation sites (tertiary alicyclic amines) is 1. The number of hydrogen-bond donors (Lipinski definition) is 1. The zero-order valence-corrected chi connectivity index (χ0v) is 16.1. The quantitative estimate of drug-likeness (QED) is 0.752. The van der Waals surface area contributed by atoms with Gasteiger partial charge < -0.3 is 10.2 Å². The van der Waals surface area contributed by atoms with Gasteiger partial charge in [0.05, 0.1) is 23.3 Å². The van der Waals surface area contributed by atoms with Gasteiger partial charge in [0, 0.05) is 24.2 Å². The molecule has 3 aromatic rings. The summed E-state index contributed by atoms with van der Waals surface area (Å²) in [6, 6.07) is 6.96. The van der Waals surface area contributed by atoms with Crippen LogP contribution in [0.1, 0.15) is 31.2 Å². The van der Waals surface area contributed by atoms with Crippen LogP contribution in [0.4, 0.5) is 5.69 Å². The first-order chi connectivity index (χ1) is 13.4. The number of aromatic nitrogens is 4. The second kappa shape index (κ2) is 7.03. The third-order valence-corrected chi connectivity index (χ3v) is 5.12. The number of aryl methyl sites for hydroxylation is 2. The highest BCUT2D eigenvalue weighted by atomic mass is 16.2. The van der Waals surface area contributed by atoms with Crippen LogP contribution in [-0.4, -0.2) is 48.9 Å². The molecule has 2 amide bonds. The lowest BCUT2D eigenvalue weighted by atomic mass is 10.1. The van der Waals surface area contributed by atoms with Crippen LogP contribution < -0.4 is 5.32 Å². The lowest BCUT2D eigenvalue weighted by Crippen LogP contribution is -2.42. The summed E-state index contributed by atoms with van der Waals surface area (Å²) in [5.74, 6) is 0.409. The van der Waals surface area contributed by atoms with E-state index in [2.05, 4.69) is 20.4 Å². The largest absolute Gasteiger partial charge is 0.331 e. The van der Waals surface area contributed by atoms with Gasteiger partial charge in [-0.05, 0) is 39.3 Å². The van der Waals surface area contributed by atoms with E-state index in [1.807, 2.05) is 44.3 Å². The van der Waals surface area contributed by atoms with Gasteiger partial charge in [-0.1, -0.05) is 12.1 Å². The highest BCUT2D eigenvalue weighted by Gasteiger charge is 2.29. The summed E-state index contributed by atoms with van der Waals surface area (Å²) in [6.07, 6.45) is 3.17. The normalized spacial score (nSPS) is 15.2. The number of carbonyl (C=O) groups excluding carboxylic acids is 2. The van der Waals surface area contributed by atoms with Gasteiger partial charge in [0.25, 0.3) is 5.78 Å². The summed E-state index contributed by atoms with van der Waals surface area (Å²) in [5, 5.41) is 7.32. The molecule has 1 saturated heterocycles. The highest BCUT2D eigenvalue weighted by Crippen LogP contribution is 2.22. The summed E-state index contributed by atoms with van der Waals surface area (Å²) in [6.45, 7) is 6.22. The van der Waals surface area contributed by atoms with Gasteiger partial charge in [-0.2, -0.15) is 5.10 Å². The molecule has 28 heavy (non-hydrogen) atoms. The molecule has 0 aliphatic carbocycles. The molecule has 1 N–H and O–H groups in total. The molecule has 1 aliphatic rings. The van der Waals surface area contributed by atoms with Crippen LogP contribution in [0.5, 0.6) is 0 Å². The number of rotatable bonds is 4. The number of nitrogens with one attached hydrogen (secondary N) is 1. The first-order valence-electron chi connectivity index (χ1n) is 9.34. The molecule has 8 nitrogen and oxygen atoms in total. The molecule has 0 radical (unpaired) electrons. The maximum atomic E-state index is 12.4. The minimum Gasteiger partial charge on any atom is -0.331 e. The number of fused-ring (bicyclic) bond motifs is 1. The Bertz CT molecular complexity index is 1020. The van der Waals surface area contributed by atoms with E-state index in [4.69, 9.17) is 0 Å². The summed E-state index contributed by atoms with van der Waals surface area (Å²) in [5.41, 5.74) is 4.06. The standard InChI is InChI=1S/C20H22N6O2/c1-12-13(2)24-26-11-17(23-20(26)21-12)15-6-8-16(9-7-15)22-19(28)14(3)25-10-4-5-18(25)27/h6-9,11,14H,4-5,10H2,1-3H3,(H,22,28). The average molecular weight is 378 g/mol. The Hall–Kier alpha value is -3.29. The molecule has 1 unspecified atom stereocenters. The Balaban J connectivity index is 1.49. The van der Waals surface area contributed by atoms with Crippen molar-refractivity contribution in [3.05, 3.63) is 41.9 Å². The Labute approximate surface area is 162 Å². The minimum atomic E-state index is -0.475. The van der Waals surface area contributed by atoms with E-state index in [9.17, 15) is 9.59 Å². The van der Waals surface area contributed by atoms with Crippen LogP contribution in [0.3, 0.4) is 0 Å². The van der Waals surface area contributed by atoms with E-state index in [0.717, 1.165) is 29.1 Å². The molecule has 0 spiro atoms. The molecule has 1 atom stereocenters.